The van der Waals surface area contributed by atoms with Crippen molar-refractivity contribution in [1.29, 1.82) is 0 Å². The zero-order chi connectivity index (χ0) is 10.2. The molecule has 0 amide bonds. The lowest BCUT2D eigenvalue weighted by Crippen LogP contribution is -2.15. The highest BCUT2D eigenvalue weighted by Crippen LogP contribution is 2.49. The summed E-state index contributed by atoms with van der Waals surface area (Å²) >= 11 is 0. The number of ketones is 1. The van der Waals surface area contributed by atoms with Gasteiger partial charge in [-0.15, -0.1) is 0 Å². The van der Waals surface area contributed by atoms with Crippen LogP contribution in [0.5, 0.6) is 0 Å². The summed E-state index contributed by atoms with van der Waals surface area (Å²) in [7, 11) is 0. The van der Waals surface area contributed by atoms with Gasteiger partial charge in [0.15, 0.2) is 0 Å². The largest absolute Gasteiger partial charge is 0.299 e. The van der Waals surface area contributed by atoms with Crippen molar-refractivity contribution in [2.45, 2.75) is 33.1 Å². The second kappa shape index (κ2) is 3.23. The number of Topliss-reactive ketones (excluding diaryl/α,β-unsaturated/α-hetero) is 1. The first kappa shape index (κ1) is 9.45. The molecule has 1 heteroatoms. The summed E-state index contributed by atoms with van der Waals surface area (Å²) in [5.41, 5.74) is 2.65. The number of aryl methyl sites for hydroxylation is 1. The summed E-state index contributed by atoms with van der Waals surface area (Å²) < 4.78 is 0. The van der Waals surface area contributed by atoms with Crippen LogP contribution in [0.1, 0.15) is 30.9 Å². The van der Waals surface area contributed by atoms with Crippen LogP contribution in [0.2, 0.25) is 0 Å². The van der Waals surface area contributed by atoms with Gasteiger partial charge in [0.1, 0.15) is 5.78 Å². The van der Waals surface area contributed by atoms with Gasteiger partial charge in [-0.05, 0) is 44.2 Å². The van der Waals surface area contributed by atoms with Crippen LogP contribution in [-0.2, 0) is 11.2 Å². The second-order valence-electron chi connectivity index (χ2n) is 4.44. The van der Waals surface area contributed by atoms with Crippen LogP contribution in [0, 0.1) is 12.3 Å². The van der Waals surface area contributed by atoms with Crippen LogP contribution < -0.4 is 0 Å². The highest BCUT2D eigenvalue weighted by molar-refractivity contribution is 5.85. The molecule has 0 radical (unpaired) electrons. The van der Waals surface area contributed by atoms with E-state index in [0.29, 0.717) is 5.78 Å². The Balaban J connectivity index is 2.19. The molecule has 0 heterocycles. The topological polar surface area (TPSA) is 17.1 Å². The van der Waals surface area contributed by atoms with E-state index in [9.17, 15) is 4.79 Å². The quantitative estimate of drug-likeness (QED) is 0.712. The van der Waals surface area contributed by atoms with E-state index in [0.717, 1.165) is 19.3 Å². The van der Waals surface area contributed by atoms with Crippen molar-refractivity contribution in [3.63, 3.8) is 0 Å². The molecule has 1 aliphatic rings. The van der Waals surface area contributed by atoms with Gasteiger partial charge >= 0.3 is 0 Å². The minimum absolute atomic E-state index is 0.00606. The summed E-state index contributed by atoms with van der Waals surface area (Å²) in [5, 5.41) is 0. The van der Waals surface area contributed by atoms with Gasteiger partial charge in [-0.2, -0.15) is 0 Å². The molecule has 1 aromatic rings. The molecule has 0 saturated heterocycles. The summed E-state index contributed by atoms with van der Waals surface area (Å²) in [6, 6.07) is 8.36. The third kappa shape index (κ3) is 1.59. The van der Waals surface area contributed by atoms with Gasteiger partial charge in [-0.3, -0.25) is 4.79 Å². The molecule has 74 valence electrons. The third-order valence-electron chi connectivity index (χ3n) is 3.39. The molecule has 1 aromatic carbocycles. The van der Waals surface area contributed by atoms with E-state index in [4.69, 9.17) is 0 Å². The van der Waals surface area contributed by atoms with Crippen molar-refractivity contribution >= 4 is 5.78 Å². The maximum Gasteiger partial charge on any atom is 0.136 e. The zero-order valence-electron chi connectivity index (χ0n) is 8.84. The lowest BCUT2D eigenvalue weighted by atomic mass is 9.91. The maximum atomic E-state index is 11.4. The van der Waals surface area contributed by atoms with Crippen LogP contribution in [0.3, 0.4) is 0 Å². The lowest BCUT2D eigenvalue weighted by molar-refractivity contribution is -0.121. The summed E-state index contributed by atoms with van der Waals surface area (Å²) in [5.74, 6) is 0.362. The second-order valence-corrected chi connectivity index (χ2v) is 4.44. The number of benzene rings is 1. The molecule has 1 fully saturated rings. The summed E-state index contributed by atoms with van der Waals surface area (Å²) in [6.45, 7) is 3.84. The molecule has 0 atom stereocenters. The smallest absolute Gasteiger partial charge is 0.136 e. The molecule has 2 rings (SSSR count). The predicted octanol–water partition coefficient (Wildman–Crippen LogP) is 2.91. The molecule has 0 N–H and O–H groups in total. The van der Waals surface area contributed by atoms with E-state index in [1.54, 1.807) is 6.92 Å². The molecule has 1 saturated carbocycles. The van der Waals surface area contributed by atoms with E-state index in [2.05, 4.69) is 25.1 Å². The fraction of sp³-hybridized carbons (Fsp3) is 0.462. The Kier molecular flexibility index (Phi) is 2.18. The fourth-order valence-corrected chi connectivity index (χ4v) is 1.98. The van der Waals surface area contributed by atoms with Crippen molar-refractivity contribution in [1.82, 2.24) is 0 Å². The number of carbonyl (C=O) groups is 1. The molecule has 0 aliphatic heterocycles. The number of hydrogen-bond acceptors (Lipinski definition) is 1. The van der Waals surface area contributed by atoms with Crippen molar-refractivity contribution in [3.05, 3.63) is 35.4 Å². The summed E-state index contributed by atoms with van der Waals surface area (Å²) in [6.07, 6.45) is 3.10. The van der Waals surface area contributed by atoms with E-state index < -0.39 is 0 Å². The normalized spacial score (nSPS) is 17.9. The highest BCUT2D eigenvalue weighted by atomic mass is 16.1. The Morgan fingerprint density at radius 3 is 2.50 bits per heavy atom. The minimum atomic E-state index is 0.00606. The Labute approximate surface area is 85.1 Å². The molecule has 1 aliphatic carbocycles. The third-order valence-corrected chi connectivity index (χ3v) is 3.39. The van der Waals surface area contributed by atoms with Gasteiger partial charge < -0.3 is 0 Å². The maximum absolute atomic E-state index is 11.4. The predicted molar refractivity (Wildman–Crippen MR) is 57.2 cm³/mol. The Bertz CT molecular complexity index is 361. The van der Waals surface area contributed by atoms with Gasteiger partial charge in [0.05, 0.1) is 0 Å². The van der Waals surface area contributed by atoms with Crippen molar-refractivity contribution in [2.75, 3.05) is 0 Å². The molecule has 0 unspecified atom stereocenters. The standard InChI is InChI=1S/C13H16O/c1-10-5-3-4-6-12(10)9-13(7-8-13)11(2)14/h3-6H,7-9H2,1-2H3. The van der Waals surface area contributed by atoms with Gasteiger partial charge in [-0.25, -0.2) is 0 Å². The van der Waals surface area contributed by atoms with Gasteiger partial charge in [0, 0.05) is 5.41 Å². The van der Waals surface area contributed by atoms with E-state index in [1.807, 2.05) is 6.07 Å². The molecule has 0 bridgehead atoms. The van der Waals surface area contributed by atoms with E-state index in [1.165, 1.54) is 11.1 Å². The fourth-order valence-electron chi connectivity index (χ4n) is 1.98. The highest BCUT2D eigenvalue weighted by Gasteiger charge is 2.46. The SMILES string of the molecule is CC(=O)C1(Cc2ccccc2C)CC1. The van der Waals surface area contributed by atoms with Crippen LogP contribution in [-0.4, -0.2) is 5.78 Å². The number of rotatable bonds is 3. The molecule has 1 nitrogen and oxygen atoms in total. The molecule has 0 aromatic heterocycles. The summed E-state index contributed by atoms with van der Waals surface area (Å²) in [4.78, 5) is 11.4. The molecule has 0 spiro atoms. The average molecular weight is 188 g/mol. The first-order valence-electron chi connectivity index (χ1n) is 5.20. The monoisotopic (exact) mass is 188 g/mol. The van der Waals surface area contributed by atoms with Gasteiger partial charge in [0.2, 0.25) is 0 Å². The van der Waals surface area contributed by atoms with Gasteiger partial charge in [0.25, 0.3) is 0 Å². The van der Waals surface area contributed by atoms with Crippen molar-refractivity contribution in [2.24, 2.45) is 5.41 Å². The lowest BCUT2D eigenvalue weighted by Gasteiger charge is -2.12. The minimum Gasteiger partial charge on any atom is -0.299 e. The van der Waals surface area contributed by atoms with Crippen LogP contribution >= 0.6 is 0 Å². The van der Waals surface area contributed by atoms with Crippen molar-refractivity contribution < 1.29 is 4.79 Å². The Morgan fingerprint density at radius 2 is 2.00 bits per heavy atom. The zero-order valence-corrected chi connectivity index (χ0v) is 8.84. The molecular weight excluding hydrogens is 172 g/mol. The molecule has 14 heavy (non-hydrogen) atoms. The first-order chi connectivity index (χ1) is 6.64. The number of hydrogen-bond donors (Lipinski definition) is 0. The molecular formula is C13H16O. The van der Waals surface area contributed by atoms with Crippen LogP contribution in [0.25, 0.3) is 0 Å². The van der Waals surface area contributed by atoms with Crippen molar-refractivity contribution in [3.8, 4) is 0 Å². The van der Waals surface area contributed by atoms with E-state index in [-0.39, 0.29) is 5.41 Å². The van der Waals surface area contributed by atoms with Crippen LogP contribution in [0.4, 0.5) is 0 Å². The van der Waals surface area contributed by atoms with Gasteiger partial charge in [-0.1, -0.05) is 24.3 Å². The number of carbonyl (C=O) groups excluding carboxylic acids is 1. The average Bonchev–Trinajstić information content (AvgIpc) is 2.90. The first-order valence-corrected chi connectivity index (χ1v) is 5.20. The van der Waals surface area contributed by atoms with E-state index >= 15 is 0 Å². The Morgan fingerprint density at radius 1 is 1.36 bits per heavy atom. The van der Waals surface area contributed by atoms with Crippen LogP contribution in [0.15, 0.2) is 24.3 Å². The Hall–Kier alpha value is -1.11.